The molecule has 0 aromatic heterocycles. The largest absolute Gasteiger partial charge is 0.379 e. The Morgan fingerprint density at radius 2 is 2.31 bits per heavy atom. The van der Waals surface area contributed by atoms with Crippen LogP contribution in [0.3, 0.4) is 0 Å². The van der Waals surface area contributed by atoms with E-state index < -0.39 is 0 Å². The Labute approximate surface area is 96.4 Å². The summed E-state index contributed by atoms with van der Waals surface area (Å²) in [6, 6.07) is 0.579. The molecule has 3 N–H and O–H groups in total. The molecule has 2 rings (SSSR count). The first-order valence-electron chi connectivity index (χ1n) is 6.10. The van der Waals surface area contributed by atoms with E-state index in [-0.39, 0.29) is 0 Å². The van der Waals surface area contributed by atoms with Crippen molar-refractivity contribution < 1.29 is 9.47 Å². The van der Waals surface area contributed by atoms with Crippen molar-refractivity contribution in [3.63, 3.8) is 0 Å². The molecule has 16 heavy (non-hydrogen) atoms. The Kier molecular flexibility index (Phi) is 4.42. The Hall–Kier alpha value is -0.810. The van der Waals surface area contributed by atoms with Crippen LogP contribution in [0.2, 0.25) is 0 Å². The highest BCUT2D eigenvalue weighted by molar-refractivity contribution is 5.78. The number of aliphatic imine (C=N–C) groups is 1. The monoisotopic (exact) mass is 227 g/mol. The molecule has 0 bridgehead atoms. The van der Waals surface area contributed by atoms with Crippen molar-refractivity contribution in [3.8, 4) is 0 Å². The molecular weight excluding hydrogens is 206 g/mol. The number of rotatable bonds is 6. The molecule has 0 amide bonds. The number of hydrogen-bond acceptors (Lipinski definition) is 3. The van der Waals surface area contributed by atoms with Crippen LogP contribution in [0.25, 0.3) is 0 Å². The molecule has 1 aliphatic heterocycles. The Bertz CT molecular complexity index is 235. The van der Waals surface area contributed by atoms with E-state index in [0.717, 1.165) is 39.2 Å². The summed E-state index contributed by atoms with van der Waals surface area (Å²) in [5.41, 5.74) is 5.70. The second kappa shape index (κ2) is 6.06. The fourth-order valence-electron chi connectivity index (χ4n) is 1.64. The van der Waals surface area contributed by atoms with Crippen molar-refractivity contribution in [3.05, 3.63) is 0 Å². The minimum atomic E-state index is 0.297. The fraction of sp³-hybridized carbons (Fsp3) is 0.909. The van der Waals surface area contributed by atoms with E-state index in [1.807, 2.05) is 0 Å². The van der Waals surface area contributed by atoms with Crippen LogP contribution in [0, 0.1) is 0 Å². The molecule has 0 aromatic rings. The molecule has 1 heterocycles. The first-order valence-corrected chi connectivity index (χ1v) is 6.10. The van der Waals surface area contributed by atoms with Crippen LogP contribution >= 0.6 is 0 Å². The van der Waals surface area contributed by atoms with Crippen molar-refractivity contribution in [2.45, 2.75) is 37.8 Å². The summed E-state index contributed by atoms with van der Waals surface area (Å²) < 4.78 is 10.8. The average molecular weight is 227 g/mol. The van der Waals surface area contributed by atoms with Crippen LogP contribution in [0.5, 0.6) is 0 Å². The molecule has 5 heteroatoms. The van der Waals surface area contributed by atoms with E-state index in [1.165, 1.54) is 12.8 Å². The summed E-state index contributed by atoms with van der Waals surface area (Å²) in [5, 5.41) is 3.15. The molecule has 2 aliphatic rings. The molecule has 1 saturated carbocycles. The van der Waals surface area contributed by atoms with Gasteiger partial charge < -0.3 is 20.5 Å². The van der Waals surface area contributed by atoms with Gasteiger partial charge in [-0.3, -0.25) is 4.99 Å². The molecule has 5 nitrogen and oxygen atoms in total. The average Bonchev–Trinajstić information content (AvgIpc) is 2.93. The molecule has 1 atom stereocenters. The number of nitrogens with one attached hydrogen (secondary N) is 1. The summed E-state index contributed by atoms with van der Waals surface area (Å²) in [6.45, 7) is 3.06. The molecule has 0 spiro atoms. The lowest BCUT2D eigenvalue weighted by atomic mass is 10.3. The van der Waals surface area contributed by atoms with Gasteiger partial charge in [0.15, 0.2) is 5.96 Å². The van der Waals surface area contributed by atoms with Crippen LogP contribution in [-0.4, -0.2) is 44.5 Å². The minimum absolute atomic E-state index is 0.297. The van der Waals surface area contributed by atoms with Gasteiger partial charge in [0.25, 0.3) is 0 Å². The van der Waals surface area contributed by atoms with Crippen molar-refractivity contribution in [2.75, 3.05) is 26.4 Å². The standard InChI is InChI=1S/C11H21N3O2/c12-11(14-9-2-3-9)13-5-1-6-16-10-4-7-15-8-10/h9-10H,1-8H2,(H3,12,13,14). The zero-order valence-electron chi connectivity index (χ0n) is 9.65. The van der Waals surface area contributed by atoms with Crippen molar-refractivity contribution in [1.29, 1.82) is 0 Å². The van der Waals surface area contributed by atoms with E-state index in [0.29, 0.717) is 18.1 Å². The second-order valence-corrected chi connectivity index (χ2v) is 4.40. The maximum atomic E-state index is 5.70. The predicted octanol–water partition coefficient (Wildman–Crippen LogP) is 0.249. The zero-order chi connectivity index (χ0) is 11.2. The van der Waals surface area contributed by atoms with Gasteiger partial charge >= 0.3 is 0 Å². The molecule has 0 aromatic carbocycles. The number of guanidine groups is 1. The van der Waals surface area contributed by atoms with Gasteiger partial charge in [0.05, 0.1) is 12.7 Å². The van der Waals surface area contributed by atoms with Crippen molar-refractivity contribution in [2.24, 2.45) is 10.7 Å². The number of hydrogen-bond donors (Lipinski definition) is 2. The third-order valence-corrected chi connectivity index (χ3v) is 2.76. The highest BCUT2D eigenvalue weighted by Crippen LogP contribution is 2.17. The Balaban J connectivity index is 1.46. The highest BCUT2D eigenvalue weighted by atomic mass is 16.5. The highest BCUT2D eigenvalue weighted by Gasteiger charge is 2.21. The van der Waals surface area contributed by atoms with E-state index in [4.69, 9.17) is 15.2 Å². The van der Waals surface area contributed by atoms with Gasteiger partial charge in [-0.15, -0.1) is 0 Å². The molecular formula is C11H21N3O2. The van der Waals surface area contributed by atoms with Crippen LogP contribution in [0.15, 0.2) is 4.99 Å². The maximum absolute atomic E-state index is 5.70. The first-order chi connectivity index (χ1) is 7.84. The lowest BCUT2D eigenvalue weighted by Gasteiger charge is -2.08. The van der Waals surface area contributed by atoms with Crippen LogP contribution in [-0.2, 0) is 9.47 Å². The summed E-state index contributed by atoms with van der Waals surface area (Å²) >= 11 is 0. The molecule has 1 saturated heterocycles. The predicted molar refractivity (Wildman–Crippen MR) is 62.4 cm³/mol. The Morgan fingerprint density at radius 1 is 1.44 bits per heavy atom. The van der Waals surface area contributed by atoms with Crippen molar-refractivity contribution >= 4 is 5.96 Å². The number of ether oxygens (including phenoxy) is 2. The van der Waals surface area contributed by atoms with Gasteiger partial charge in [0.1, 0.15) is 0 Å². The fourth-order valence-corrected chi connectivity index (χ4v) is 1.64. The van der Waals surface area contributed by atoms with Crippen LogP contribution < -0.4 is 11.1 Å². The Morgan fingerprint density at radius 3 is 3.00 bits per heavy atom. The lowest BCUT2D eigenvalue weighted by Crippen LogP contribution is -2.33. The maximum Gasteiger partial charge on any atom is 0.188 e. The minimum Gasteiger partial charge on any atom is -0.379 e. The third kappa shape index (κ3) is 4.37. The lowest BCUT2D eigenvalue weighted by molar-refractivity contribution is 0.0424. The van der Waals surface area contributed by atoms with Gasteiger partial charge in [-0.25, -0.2) is 0 Å². The summed E-state index contributed by atoms with van der Waals surface area (Å²) in [5.74, 6) is 0.576. The van der Waals surface area contributed by atoms with E-state index >= 15 is 0 Å². The summed E-state index contributed by atoms with van der Waals surface area (Å²) in [4.78, 5) is 4.24. The smallest absolute Gasteiger partial charge is 0.188 e. The zero-order valence-corrected chi connectivity index (χ0v) is 9.65. The number of nitrogens with two attached hydrogens (primary N) is 1. The van der Waals surface area contributed by atoms with Gasteiger partial charge in [-0.2, -0.15) is 0 Å². The van der Waals surface area contributed by atoms with Gasteiger partial charge in [-0.1, -0.05) is 0 Å². The molecule has 1 unspecified atom stereocenters. The first kappa shape index (κ1) is 11.7. The van der Waals surface area contributed by atoms with E-state index in [2.05, 4.69) is 10.3 Å². The summed E-state index contributed by atoms with van der Waals surface area (Å²) in [6.07, 6.45) is 4.69. The molecule has 0 radical (unpaired) electrons. The van der Waals surface area contributed by atoms with Gasteiger partial charge in [0, 0.05) is 25.8 Å². The topological polar surface area (TPSA) is 68.9 Å². The van der Waals surface area contributed by atoms with Crippen LogP contribution in [0.4, 0.5) is 0 Å². The number of nitrogens with zero attached hydrogens (tertiary/aromatic N) is 1. The molecule has 1 aliphatic carbocycles. The normalized spacial score (nSPS) is 26.0. The van der Waals surface area contributed by atoms with Crippen LogP contribution in [0.1, 0.15) is 25.7 Å². The van der Waals surface area contributed by atoms with Gasteiger partial charge in [0.2, 0.25) is 0 Å². The van der Waals surface area contributed by atoms with Gasteiger partial charge in [-0.05, 0) is 25.7 Å². The van der Waals surface area contributed by atoms with E-state index in [9.17, 15) is 0 Å². The second-order valence-electron chi connectivity index (χ2n) is 4.40. The SMILES string of the molecule is NC(=NCCCOC1CCOC1)NC1CC1. The van der Waals surface area contributed by atoms with Crippen molar-refractivity contribution in [1.82, 2.24) is 5.32 Å². The third-order valence-electron chi connectivity index (χ3n) is 2.76. The summed E-state index contributed by atoms with van der Waals surface area (Å²) in [7, 11) is 0. The molecule has 92 valence electrons. The quantitative estimate of drug-likeness (QED) is 0.388. The molecule has 2 fully saturated rings. The van der Waals surface area contributed by atoms with E-state index in [1.54, 1.807) is 0 Å².